The van der Waals surface area contributed by atoms with Crippen molar-refractivity contribution in [2.75, 3.05) is 0 Å². The highest BCUT2D eigenvalue weighted by atomic mass is 16.8. The van der Waals surface area contributed by atoms with Gasteiger partial charge in [0.1, 0.15) is 17.6 Å². The molecule has 34 heavy (non-hydrogen) atoms. The number of carbonyl (C=O) groups is 3. The van der Waals surface area contributed by atoms with Crippen LogP contribution in [0.2, 0.25) is 0 Å². The molecule has 0 aliphatic heterocycles. The maximum absolute atomic E-state index is 13.5. The summed E-state index contributed by atoms with van der Waals surface area (Å²) in [5, 5.41) is 13.8. The predicted octanol–water partition coefficient (Wildman–Crippen LogP) is 6.18. The van der Waals surface area contributed by atoms with Crippen LogP contribution in [-0.4, -0.2) is 33.8 Å². The van der Waals surface area contributed by atoms with E-state index in [9.17, 15) is 14.4 Å². The number of benzene rings is 3. The number of carboxylic acid groups (broad SMARTS) is 1. The number of carbonyl (C=O) groups excluding carboxylic acids is 2. The van der Waals surface area contributed by atoms with Crippen molar-refractivity contribution in [2.24, 2.45) is 0 Å². The molecule has 0 aliphatic carbocycles. The zero-order valence-electron chi connectivity index (χ0n) is 20.3. The molecule has 7 nitrogen and oxygen atoms in total. The van der Waals surface area contributed by atoms with Gasteiger partial charge in [0.15, 0.2) is 0 Å². The molecule has 0 atom stereocenters. The van der Waals surface area contributed by atoms with Gasteiger partial charge in [0, 0.05) is 0 Å². The van der Waals surface area contributed by atoms with Crippen molar-refractivity contribution >= 4 is 39.6 Å². The zero-order valence-corrected chi connectivity index (χ0v) is 20.3. The summed E-state index contributed by atoms with van der Waals surface area (Å²) in [7, 11) is 0. The van der Waals surface area contributed by atoms with Crippen LogP contribution in [0, 0.1) is 0 Å². The third kappa shape index (κ3) is 4.98. The molecule has 0 saturated carbocycles. The van der Waals surface area contributed by atoms with Crippen molar-refractivity contribution in [2.45, 2.75) is 65.0 Å². The number of hydroxylamine groups is 2. The molecule has 0 aliphatic rings. The monoisotopic (exact) mass is 465 g/mol. The fourth-order valence-electron chi connectivity index (χ4n) is 4.37. The molecule has 1 N–H and O–H groups in total. The second-order valence-corrected chi connectivity index (χ2v) is 9.24. The molecule has 3 aromatic carbocycles. The van der Waals surface area contributed by atoms with Gasteiger partial charge in [-0.25, -0.2) is 9.59 Å². The SMILES string of the molecule is CCC(CC)(c1c2ccccc2cc2ccccc12)N(OC(=O)CC(=O)O)C(=O)OC(C)(C)C. The Morgan fingerprint density at radius 2 is 1.38 bits per heavy atom. The summed E-state index contributed by atoms with van der Waals surface area (Å²) < 4.78 is 5.62. The number of amides is 1. The first-order valence-electron chi connectivity index (χ1n) is 11.4. The lowest BCUT2D eigenvalue weighted by atomic mass is 9.78. The maximum atomic E-state index is 13.5. The molecular formula is C27H31NO6. The summed E-state index contributed by atoms with van der Waals surface area (Å²) in [6.45, 7) is 8.96. The Kier molecular flexibility index (Phi) is 7.15. The number of rotatable bonds is 6. The predicted molar refractivity (Wildman–Crippen MR) is 130 cm³/mol. The second kappa shape index (κ2) is 9.71. The highest BCUT2D eigenvalue weighted by Gasteiger charge is 2.46. The third-order valence-electron chi connectivity index (χ3n) is 5.84. The first-order valence-corrected chi connectivity index (χ1v) is 11.4. The van der Waals surface area contributed by atoms with Crippen molar-refractivity contribution in [3.63, 3.8) is 0 Å². The lowest BCUT2D eigenvalue weighted by Crippen LogP contribution is -2.51. The van der Waals surface area contributed by atoms with Gasteiger partial charge in [-0.2, -0.15) is 0 Å². The average Bonchev–Trinajstić information content (AvgIpc) is 2.77. The van der Waals surface area contributed by atoms with Crippen LogP contribution >= 0.6 is 0 Å². The number of nitrogens with zero attached hydrogens (tertiary/aromatic N) is 1. The van der Waals surface area contributed by atoms with E-state index in [2.05, 4.69) is 6.07 Å². The van der Waals surface area contributed by atoms with Crippen LogP contribution in [0.3, 0.4) is 0 Å². The Morgan fingerprint density at radius 1 is 0.882 bits per heavy atom. The van der Waals surface area contributed by atoms with Crippen LogP contribution in [0.25, 0.3) is 21.5 Å². The van der Waals surface area contributed by atoms with Crippen molar-refractivity contribution in [1.29, 1.82) is 0 Å². The number of carboxylic acids is 1. The van der Waals surface area contributed by atoms with E-state index >= 15 is 0 Å². The minimum Gasteiger partial charge on any atom is -0.481 e. The smallest absolute Gasteiger partial charge is 0.444 e. The second-order valence-electron chi connectivity index (χ2n) is 9.24. The van der Waals surface area contributed by atoms with E-state index in [1.54, 1.807) is 20.8 Å². The topological polar surface area (TPSA) is 93.1 Å². The Morgan fingerprint density at radius 3 is 1.82 bits per heavy atom. The molecule has 0 radical (unpaired) electrons. The molecule has 0 fully saturated rings. The van der Waals surface area contributed by atoms with Crippen LogP contribution in [0.4, 0.5) is 4.79 Å². The van der Waals surface area contributed by atoms with Crippen LogP contribution in [0.1, 0.15) is 59.4 Å². The number of ether oxygens (including phenoxy) is 1. The van der Waals surface area contributed by atoms with Crippen LogP contribution in [-0.2, 0) is 24.7 Å². The molecule has 0 saturated heterocycles. The number of aliphatic carboxylic acids is 1. The summed E-state index contributed by atoms with van der Waals surface area (Å²) in [6.07, 6.45) is -0.951. The average molecular weight is 466 g/mol. The van der Waals surface area contributed by atoms with E-state index in [0.29, 0.717) is 12.8 Å². The van der Waals surface area contributed by atoms with Gasteiger partial charge in [0.05, 0.1) is 0 Å². The lowest BCUT2D eigenvalue weighted by Gasteiger charge is -2.42. The van der Waals surface area contributed by atoms with Crippen molar-refractivity contribution in [3.8, 4) is 0 Å². The molecule has 3 rings (SSSR count). The van der Waals surface area contributed by atoms with Crippen molar-refractivity contribution in [1.82, 2.24) is 5.06 Å². The van der Waals surface area contributed by atoms with Gasteiger partial charge >= 0.3 is 18.0 Å². The van der Waals surface area contributed by atoms with Crippen molar-refractivity contribution in [3.05, 3.63) is 60.2 Å². The molecule has 0 spiro atoms. The quantitative estimate of drug-likeness (QED) is 0.265. The fourth-order valence-corrected chi connectivity index (χ4v) is 4.37. The molecule has 3 aromatic rings. The Balaban J connectivity index is 2.34. The van der Waals surface area contributed by atoms with Crippen LogP contribution in [0.15, 0.2) is 54.6 Å². The lowest BCUT2D eigenvalue weighted by molar-refractivity contribution is -0.215. The number of hydrogen-bond donors (Lipinski definition) is 1. The van der Waals surface area contributed by atoms with Gasteiger partial charge in [0.2, 0.25) is 0 Å². The molecule has 0 bridgehead atoms. The van der Waals surface area contributed by atoms with E-state index in [0.717, 1.165) is 32.2 Å². The Labute approximate surface area is 199 Å². The van der Waals surface area contributed by atoms with Crippen LogP contribution in [0.5, 0.6) is 0 Å². The van der Waals surface area contributed by atoms with Crippen LogP contribution < -0.4 is 0 Å². The third-order valence-corrected chi connectivity index (χ3v) is 5.84. The highest BCUT2D eigenvalue weighted by molar-refractivity contribution is 6.03. The largest absolute Gasteiger partial charge is 0.481 e. The molecule has 0 unspecified atom stereocenters. The highest BCUT2D eigenvalue weighted by Crippen LogP contribution is 2.44. The molecule has 0 heterocycles. The first kappa shape index (κ1) is 25.0. The van der Waals surface area contributed by atoms with Crippen molar-refractivity contribution < 1.29 is 29.1 Å². The van der Waals surface area contributed by atoms with E-state index in [4.69, 9.17) is 14.7 Å². The minimum atomic E-state index is -1.34. The molecule has 180 valence electrons. The Hall–Kier alpha value is -3.61. The van der Waals surface area contributed by atoms with Gasteiger partial charge < -0.3 is 14.7 Å². The van der Waals surface area contributed by atoms with Gasteiger partial charge in [-0.05, 0) is 66.8 Å². The van der Waals surface area contributed by atoms with E-state index < -0.39 is 35.6 Å². The normalized spacial score (nSPS) is 11.9. The molecule has 0 aromatic heterocycles. The summed E-state index contributed by atoms with van der Waals surface area (Å²) in [6, 6.07) is 17.8. The maximum Gasteiger partial charge on any atom is 0.444 e. The van der Waals surface area contributed by atoms with E-state index in [1.807, 2.05) is 62.4 Å². The minimum absolute atomic E-state index is 0.390. The number of fused-ring (bicyclic) bond motifs is 2. The first-order chi connectivity index (χ1) is 16.0. The number of hydrogen-bond acceptors (Lipinski definition) is 5. The zero-order chi connectivity index (χ0) is 25.1. The van der Waals surface area contributed by atoms with E-state index in [1.165, 1.54) is 0 Å². The standard InChI is InChI=1S/C27H31NO6/c1-6-27(7-2,28(25(32)33-26(3,4)5)34-23(31)17-22(29)30)24-20-14-10-8-12-18(20)16-19-13-9-11-15-21(19)24/h8-16H,6-7,17H2,1-5H3,(H,29,30). The molecule has 1 amide bonds. The van der Waals surface area contributed by atoms with Gasteiger partial charge in [-0.3, -0.25) is 4.79 Å². The summed E-state index contributed by atoms with van der Waals surface area (Å²) in [4.78, 5) is 42.7. The summed E-state index contributed by atoms with van der Waals surface area (Å²) >= 11 is 0. The van der Waals surface area contributed by atoms with Gasteiger partial charge in [-0.1, -0.05) is 62.4 Å². The van der Waals surface area contributed by atoms with E-state index in [-0.39, 0.29) is 0 Å². The van der Waals surface area contributed by atoms with Gasteiger partial charge in [0.25, 0.3) is 0 Å². The fraction of sp³-hybridized carbons (Fsp3) is 0.370. The van der Waals surface area contributed by atoms with Gasteiger partial charge in [-0.15, -0.1) is 5.06 Å². The Bertz CT molecular complexity index is 1170. The molecule has 7 heteroatoms. The molecular weight excluding hydrogens is 434 g/mol. The summed E-state index contributed by atoms with van der Waals surface area (Å²) in [5.41, 5.74) is -1.15. The summed E-state index contributed by atoms with van der Waals surface area (Å²) in [5.74, 6) is -2.39.